The largest absolute Gasteiger partial charge is 0.451 e. The van der Waals surface area contributed by atoms with Gasteiger partial charge in [0.2, 0.25) is 0 Å². The van der Waals surface area contributed by atoms with Crippen molar-refractivity contribution in [1.82, 2.24) is 0 Å². The van der Waals surface area contributed by atoms with Gasteiger partial charge in [0, 0.05) is 5.57 Å². The van der Waals surface area contributed by atoms with Crippen LogP contribution in [0.4, 0.5) is 0 Å². The van der Waals surface area contributed by atoms with E-state index in [1.807, 2.05) is 6.92 Å². The lowest BCUT2D eigenvalue weighted by molar-refractivity contribution is -0.155. The van der Waals surface area contributed by atoms with Gasteiger partial charge in [-0.05, 0) is 51.2 Å². The molecule has 18 heavy (non-hydrogen) atoms. The van der Waals surface area contributed by atoms with Crippen LogP contribution in [0, 0.1) is 6.92 Å². The first-order valence-corrected chi connectivity index (χ1v) is 6.41. The van der Waals surface area contributed by atoms with E-state index in [0.717, 1.165) is 24.8 Å². The van der Waals surface area contributed by atoms with Crippen molar-refractivity contribution in [2.24, 2.45) is 0 Å². The van der Waals surface area contributed by atoms with Gasteiger partial charge in [0.25, 0.3) is 0 Å². The average Bonchev–Trinajstić information content (AvgIpc) is 2.28. The summed E-state index contributed by atoms with van der Waals surface area (Å²) in [6.07, 6.45) is 3.00. The summed E-state index contributed by atoms with van der Waals surface area (Å²) in [5, 5.41) is 0. The van der Waals surface area contributed by atoms with Crippen LogP contribution in [0.3, 0.4) is 0 Å². The minimum absolute atomic E-state index is 0.300. The average molecular weight is 244 g/mol. The molecule has 2 nitrogen and oxygen atoms in total. The Kier molecular flexibility index (Phi) is 3.29. The first kappa shape index (κ1) is 12.9. The number of carbonyl (C=O) groups is 1. The molecule has 0 bridgehead atoms. The van der Waals surface area contributed by atoms with Crippen LogP contribution in [0.15, 0.2) is 30.4 Å². The van der Waals surface area contributed by atoms with Crippen LogP contribution in [0.1, 0.15) is 43.4 Å². The van der Waals surface area contributed by atoms with E-state index in [9.17, 15) is 4.79 Å². The second-order valence-electron chi connectivity index (χ2n) is 5.41. The molecule has 1 aromatic rings. The van der Waals surface area contributed by atoms with Gasteiger partial charge in [-0.25, -0.2) is 4.79 Å². The highest BCUT2D eigenvalue weighted by atomic mass is 16.6. The lowest BCUT2D eigenvalue weighted by Crippen LogP contribution is -2.33. The molecule has 1 aliphatic rings. The minimum Gasteiger partial charge on any atom is -0.451 e. The van der Waals surface area contributed by atoms with E-state index in [2.05, 4.69) is 31.7 Å². The number of hydrogen-bond donors (Lipinski definition) is 0. The number of benzene rings is 1. The Morgan fingerprint density at radius 3 is 2.83 bits per heavy atom. The van der Waals surface area contributed by atoms with E-state index in [4.69, 9.17) is 4.74 Å². The molecule has 0 amide bonds. The maximum Gasteiger partial charge on any atom is 0.333 e. The van der Waals surface area contributed by atoms with Gasteiger partial charge in [0.1, 0.15) is 5.60 Å². The van der Waals surface area contributed by atoms with Crippen LogP contribution < -0.4 is 0 Å². The Hall–Kier alpha value is -1.57. The number of ether oxygens (including phenoxy) is 1. The maximum atomic E-state index is 11.8. The second-order valence-corrected chi connectivity index (χ2v) is 5.41. The minimum atomic E-state index is -0.503. The molecule has 0 radical (unpaired) electrons. The molecule has 2 heteroatoms. The first-order valence-electron chi connectivity index (χ1n) is 6.41. The molecule has 0 fully saturated rings. The van der Waals surface area contributed by atoms with E-state index in [-0.39, 0.29) is 5.97 Å². The third kappa shape index (κ3) is 2.33. The molecule has 0 heterocycles. The van der Waals surface area contributed by atoms with E-state index in [1.165, 1.54) is 11.1 Å². The fraction of sp³-hybridized carbons (Fsp3) is 0.438. The summed E-state index contributed by atoms with van der Waals surface area (Å²) in [5.41, 5.74) is 3.66. The monoisotopic (exact) mass is 244 g/mol. The van der Waals surface area contributed by atoms with Crippen LogP contribution >= 0.6 is 0 Å². The standard InChI is InChI=1S/C16H20O2/c1-11(2)15(17)18-16(4)9-5-6-13-10-12(3)7-8-14(13)16/h7-8,10H,1,5-6,9H2,2-4H3. The van der Waals surface area contributed by atoms with E-state index in [0.29, 0.717) is 5.57 Å². The Balaban J connectivity index is 2.36. The summed E-state index contributed by atoms with van der Waals surface area (Å²) >= 11 is 0. The summed E-state index contributed by atoms with van der Waals surface area (Å²) in [6, 6.07) is 6.37. The quantitative estimate of drug-likeness (QED) is 0.586. The summed E-state index contributed by atoms with van der Waals surface area (Å²) < 4.78 is 5.67. The predicted octanol–water partition coefficient (Wildman–Crippen LogP) is 3.67. The normalized spacial score (nSPS) is 22.2. The number of hydrogen-bond acceptors (Lipinski definition) is 2. The van der Waals surface area contributed by atoms with Crippen molar-refractivity contribution in [3.63, 3.8) is 0 Å². The van der Waals surface area contributed by atoms with Crippen molar-refractivity contribution < 1.29 is 9.53 Å². The highest BCUT2D eigenvalue weighted by molar-refractivity contribution is 5.87. The summed E-state index contributed by atoms with van der Waals surface area (Å²) in [6.45, 7) is 9.42. The molecule has 0 spiro atoms. The third-order valence-electron chi connectivity index (χ3n) is 3.60. The third-order valence-corrected chi connectivity index (χ3v) is 3.60. The van der Waals surface area contributed by atoms with Crippen molar-refractivity contribution in [2.75, 3.05) is 0 Å². The molecule has 96 valence electrons. The Labute approximate surface area is 109 Å². The van der Waals surface area contributed by atoms with Gasteiger partial charge in [-0.3, -0.25) is 0 Å². The van der Waals surface area contributed by atoms with Crippen molar-refractivity contribution in [3.05, 3.63) is 47.0 Å². The summed E-state index contributed by atoms with van der Waals surface area (Å²) in [4.78, 5) is 11.8. The highest BCUT2D eigenvalue weighted by Gasteiger charge is 2.35. The number of esters is 1. The highest BCUT2D eigenvalue weighted by Crippen LogP contribution is 2.38. The zero-order valence-corrected chi connectivity index (χ0v) is 11.4. The lowest BCUT2D eigenvalue weighted by Gasteiger charge is -2.35. The maximum absolute atomic E-state index is 11.8. The topological polar surface area (TPSA) is 26.3 Å². The second kappa shape index (κ2) is 4.60. The SMILES string of the molecule is C=C(C)C(=O)OC1(C)CCCc2cc(C)ccc21. The van der Waals surface area contributed by atoms with E-state index >= 15 is 0 Å². The van der Waals surface area contributed by atoms with Crippen molar-refractivity contribution in [3.8, 4) is 0 Å². The lowest BCUT2D eigenvalue weighted by atomic mass is 9.79. The zero-order valence-electron chi connectivity index (χ0n) is 11.4. The molecule has 1 atom stereocenters. The number of carbonyl (C=O) groups excluding carboxylic acids is 1. The molecule has 1 unspecified atom stereocenters. The van der Waals surface area contributed by atoms with Crippen LogP contribution in [0.5, 0.6) is 0 Å². The molecule has 0 aliphatic heterocycles. The zero-order chi connectivity index (χ0) is 13.3. The Morgan fingerprint density at radius 1 is 1.44 bits per heavy atom. The molecular weight excluding hydrogens is 224 g/mol. The van der Waals surface area contributed by atoms with Gasteiger partial charge >= 0.3 is 5.97 Å². The predicted molar refractivity (Wildman–Crippen MR) is 72.4 cm³/mol. The van der Waals surface area contributed by atoms with Gasteiger partial charge in [0.05, 0.1) is 0 Å². The van der Waals surface area contributed by atoms with Gasteiger partial charge in [-0.2, -0.15) is 0 Å². The molecule has 0 saturated carbocycles. The molecule has 1 aromatic carbocycles. The van der Waals surface area contributed by atoms with Crippen LogP contribution in [0.2, 0.25) is 0 Å². The molecule has 2 rings (SSSR count). The smallest absolute Gasteiger partial charge is 0.333 e. The molecule has 1 aliphatic carbocycles. The number of aryl methyl sites for hydroxylation is 2. The van der Waals surface area contributed by atoms with E-state index < -0.39 is 5.60 Å². The van der Waals surface area contributed by atoms with Crippen LogP contribution in [0.25, 0.3) is 0 Å². The Bertz CT molecular complexity index is 502. The van der Waals surface area contributed by atoms with Gasteiger partial charge < -0.3 is 4.74 Å². The summed E-state index contributed by atoms with van der Waals surface area (Å²) in [7, 11) is 0. The van der Waals surface area contributed by atoms with Gasteiger partial charge in [-0.15, -0.1) is 0 Å². The first-order chi connectivity index (χ1) is 8.42. The number of fused-ring (bicyclic) bond motifs is 1. The summed E-state index contributed by atoms with van der Waals surface area (Å²) in [5.74, 6) is -0.300. The molecule has 0 saturated heterocycles. The molecule has 0 aromatic heterocycles. The molecule has 0 N–H and O–H groups in total. The molecular formula is C16H20O2. The fourth-order valence-electron chi connectivity index (χ4n) is 2.59. The Morgan fingerprint density at radius 2 is 2.17 bits per heavy atom. The van der Waals surface area contributed by atoms with Crippen molar-refractivity contribution >= 4 is 5.97 Å². The van der Waals surface area contributed by atoms with Gasteiger partial charge in [-0.1, -0.05) is 30.3 Å². The number of rotatable bonds is 2. The fourth-order valence-corrected chi connectivity index (χ4v) is 2.59. The van der Waals surface area contributed by atoms with Crippen molar-refractivity contribution in [1.29, 1.82) is 0 Å². The van der Waals surface area contributed by atoms with Crippen molar-refractivity contribution in [2.45, 2.75) is 45.6 Å². The van der Waals surface area contributed by atoms with Gasteiger partial charge in [0.15, 0.2) is 0 Å². The van der Waals surface area contributed by atoms with Crippen LogP contribution in [-0.4, -0.2) is 5.97 Å². The van der Waals surface area contributed by atoms with Crippen LogP contribution in [-0.2, 0) is 21.6 Å². The van der Waals surface area contributed by atoms with E-state index in [1.54, 1.807) is 6.92 Å².